The Kier molecular flexibility index (Phi) is 10.1. The minimum atomic E-state index is -0.329. The number of hydrogen-bond acceptors (Lipinski definition) is 2. The van der Waals surface area contributed by atoms with Crippen molar-refractivity contribution >= 4 is 39.1 Å². The van der Waals surface area contributed by atoms with Crippen LogP contribution < -0.4 is 9.47 Å². The summed E-state index contributed by atoms with van der Waals surface area (Å²) in [6.45, 7) is 8.87. The highest BCUT2D eigenvalue weighted by Crippen LogP contribution is 2.58. The number of ether oxygens (including phenoxy) is 2. The summed E-state index contributed by atoms with van der Waals surface area (Å²) in [5.74, 6) is 0.620. The fourth-order valence-corrected chi connectivity index (χ4v) is 10.3. The fraction of sp³-hybridized carbons (Fsp3) is 0.160. The molecule has 0 amide bonds. The van der Waals surface area contributed by atoms with E-state index in [9.17, 15) is 8.78 Å². The van der Waals surface area contributed by atoms with Crippen LogP contribution in [0.3, 0.4) is 0 Å². The van der Waals surface area contributed by atoms with Gasteiger partial charge in [-0.05, 0) is 115 Å². The van der Waals surface area contributed by atoms with Crippen molar-refractivity contribution < 1.29 is 18.3 Å². The zero-order valence-electron chi connectivity index (χ0n) is 32.3. The predicted octanol–water partition coefficient (Wildman–Crippen LogP) is 15.4. The van der Waals surface area contributed by atoms with E-state index in [0.29, 0.717) is 43.8 Å². The highest BCUT2D eigenvalue weighted by Gasteiger charge is 2.41. The van der Waals surface area contributed by atoms with Crippen molar-refractivity contribution in [2.24, 2.45) is 0 Å². The molecule has 0 atom stereocenters. The summed E-state index contributed by atoms with van der Waals surface area (Å²) in [5.41, 5.74) is 13.3. The molecule has 57 heavy (non-hydrogen) atoms. The third-order valence-corrected chi connectivity index (χ3v) is 12.7. The summed E-state index contributed by atoms with van der Waals surface area (Å²) < 4.78 is 42.1. The number of hydrogen-bond donors (Lipinski definition) is 0. The second-order valence-electron chi connectivity index (χ2n) is 15.4. The van der Waals surface area contributed by atoms with E-state index in [2.05, 4.69) is 104 Å². The molecule has 0 heterocycles. The van der Waals surface area contributed by atoms with Gasteiger partial charge < -0.3 is 9.47 Å². The smallest absolute Gasteiger partial charge is 0.141 e. The summed E-state index contributed by atoms with van der Waals surface area (Å²) >= 11 is 16.1. The SMILES string of the molecule is COc1c(-c2cc(Cl)ccc2F)cc2c(c1-c1ccccc1)C(C)(C)c1ccccc1-2.COc1c(-c2cc(Cl)ccc2F)cc2c(c1Br)C(C)(C)c1ccccc1-2. The molecule has 9 rings (SSSR count). The molecule has 0 N–H and O–H groups in total. The maximum Gasteiger partial charge on any atom is 0.141 e. The quantitative estimate of drug-likeness (QED) is 0.172. The van der Waals surface area contributed by atoms with Crippen LogP contribution in [0, 0.1) is 11.6 Å². The first-order valence-corrected chi connectivity index (χ1v) is 20.2. The molecule has 0 fully saturated rings. The second kappa shape index (κ2) is 14.8. The monoisotopic (exact) mass is 858 g/mol. The molecule has 0 bridgehead atoms. The van der Waals surface area contributed by atoms with E-state index in [-0.39, 0.29) is 22.5 Å². The van der Waals surface area contributed by atoms with Gasteiger partial charge in [0.1, 0.15) is 23.1 Å². The molecule has 0 saturated heterocycles. The molecule has 0 spiro atoms. The molecule has 2 aliphatic carbocycles. The van der Waals surface area contributed by atoms with Crippen molar-refractivity contribution in [1.29, 1.82) is 0 Å². The summed E-state index contributed by atoms with van der Waals surface area (Å²) in [4.78, 5) is 0. The van der Waals surface area contributed by atoms with E-state index in [0.717, 1.165) is 32.3 Å². The average molecular weight is 861 g/mol. The highest BCUT2D eigenvalue weighted by atomic mass is 79.9. The Morgan fingerprint density at radius 3 is 1.42 bits per heavy atom. The molecular weight excluding hydrogens is 821 g/mol. The second-order valence-corrected chi connectivity index (χ2v) is 17.1. The first-order valence-electron chi connectivity index (χ1n) is 18.6. The summed E-state index contributed by atoms with van der Waals surface area (Å²) in [6, 6.07) is 40.3. The van der Waals surface area contributed by atoms with Gasteiger partial charge in [0.05, 0.1) is 18.7 Å². The molecule has 0 unspecified atom stereocenters. The van der Waals surface area contributed by atoms with Crippen LogP contribution >= 0.6 is 39.1 Å². The number of halogens is 5. The lowest BCUT2D eigenvalue weighted by atomic mass is 9.77. The molecule has 0 saturated carbocycles. The van der Waals surface area contributed by atoms with Crippen molar-refractivity contribution in [3.63, 3.8) is 0 Å². The van der Waals surface area contributed by atoms with Gasteiger partial charge in [0.2, 0.25) is 0 Å². The maximum atomic E-state index is 15.0. The number of benzene rings is 7. The van der Waals surface area contributed by atoms with Gasteiger partial charge in [-0.3, -0.25) is 0 Å². The van der Waals surface area contributed by atoms with Crippen LogP contribution in [0.25, 0.3) is 55.6 Å². The van der Waals surface area contributed by atoms with Crippen LogP contribution in [0.2, 0.25) is 10.0 Å². The largest absolute Gasteiger partial charge is 0.495 e. The van der Waals surface area contributed by atoms with E-state index in [4.69, 9.17) is 32.7 Å². The topological polar surface area (TPSA) is 18.5 Å². The van der Waals surface area contributed by atoms with E-state index in [1.807, 2.05) is 30.3 Å². The summed E-state index contributed by atoms with van der Waals surface area (Å²) in [6.07, 6.45) is 0. The zero-order chi connectivity index (χ0) is 40.4. The number of methoxy groups -OCH3 is 2. The molecule has 286 valence electrons. The minimum Gasteiger partial charge on any atom is -0.495 e. The van der Waals surface area contributed by atoms with Crippen molar-refractivity contribution in [2.75, 3.05) is 14.2 Å². The molecule has 2 nitrogen and oxygen atoms in total. The highest BCUT2D eigenvalue weighted by molar-refractivity contribution is 9.10. The summed E-state index contributed by atoms with van der Waals surface area (Å²) in [5, 5.41) is 0.974. The van der Waals surface area contributed by atoms with E-state index < -0.39 is 0 Å². The Labute approximate surface area is 351 Å². The lowest BCUT2D eigenvalue weighted by molar-refractivity contribution is 0.412. The molecule has 2 aliphatic rings. The Bertz CT molecular complexity index is 2720. The fourth-order valence-electron chi connectivity index (χ4n) is 8.88. The Morgan fingerprint density at radius 1 is 0.474 bits per heavy atom. The van der Waals surface area contributed by atoms with Gasteiger partial charge in [-0.25, -0.2) is 8.78 Å². The van der Waals surface area contributed by atoms with Crippen LogP contribution in [0.4, 0.5) is 8.78 Å². The molecule has 0 aromatic heterocycles. The Hall–Kier alpha value is -4.94. The van der Waals surface area contributed by atoms with Gasteiger partial charge in [-0.15, -0.1) is 0 Å². The first kappa shape index (κ1) is 38.9. The van der Waals surface area contributed by atoms with Crippen molar-refractivity contribution in [1.82, 2.24) is 0 Å². The van der Waals surface area contributed by atoms with Gasteiger partial charge >= 0.3 is 0 Å². The average Bonchev–Trinajstić information content (AvgIpc) is 3.59. The lowest BCUT2D eigenvalue weighted by Gasteiger charge is -2.27. The van der Waals surface area contributed by atoms with E-state index in [1.165, 1.54) is 39.9 Å². The third-order valence-electron chi connectivity index (χ3n) is 11.4. The standard InChI is InChI=1S/C28H22ClFO.C22H17BrClFO/c1-28(2)23-12-8-7-11-19(23)21-16-22(20-15-18(29)13-14-24(20)30)27(31-3)25(26(21)28)17-9-5-4-6-10-17;1-22(2)17-7-5-4-6-13(17)15-11-16(21(26-3)20(23)19(15)22)14-10-12(24)8-9-18(14)25/h4-16H,1-3H3;4-11H,1-3H3. The molecule has 7 heteroatoms. The van der Waals surface area contributed by atoms with Gasteiger partial charge in [-0.2, -0.15) is 0 Å². The Balaban J connectivity index is 0.000000162. The van der Waals surface area contributed by atoms with Crippen molar-refractivity contribution in [2.45, 2.75) is 38.5 Å². The van der Waals surface area contributed by atoms with Crippen molar-refractivity contribution in [3.05, 3.63) is 176 Å². The van der Waals surface area contributed by atoms with Gasteiger partial charge in [0.25, 0.3) is 0 Å². The number of rotatable bonds is 5. The van der Waals surface area contributed by atoms with Crippen molar-refractivity contribution in [3.8, 4) is 67.1 Å². The molecule has 7 aromatic rings. The van der Waals surface area contributed by atoms with E-state index in [1.54, 1.807) is 38.5 Å². The lowest BCUT2D eigenvalue weighted by Crippen LogP contribution is -2.17. The molecule has 0 aliphatic heterocycles. The van der Waals surface area contributed by atoms with Gasteiger partial charge in [0, 0.05) is 48.7 Å². The molecule has 7 aromatic carbocycles. The van der Waals surface area contributed by atoms with Crippen LogP contribution in [-0.4, -0.2) is 14.2 Å². The summed E-state index contributed by atoms with van der Waals surface area (Å²) in [7, 11) is 3.25. The van der Waals surface area contributed by atoms with Crippen LogP contribution in [0.1, 0.15) is 49.9 Å². The Morgan fingerprint density at radius 2 is 0.912 bits per heavy atom. The minimum absolute atomic E-state index is 0.177. The zero-order valence-corrected chi connectivity index (χ0v) is 35.4. The van der Waals surface area contributed by atoms with Crippen LogP contribution in [0.15, 0.2) is 132 Å². The number of fused-ring (bicyclic) bond motifs is 6. The van der Waals surface area contributed by atoms with Gasteiger partial charge in [-0.1, -0.05) is 130 Å². The normalized spacial score (nSPS) is 13.8. The maximum absolute atomic E-state index is 15.0. The molecule has 0 radical (unpaired) electrons. The van der Waals surface area contributed by atoms with Crippen LogP contribution in [-0.2, 0) is 10.8 Å². The predicted molar refractivity (Wildman–Crippen MR) is 235 cm³/mol. The third kappa shape index (κ3) is 6.36. The van der Waals surface area contributed by atoms with Crippen LogP contribution in [0.5, 0.6) is 11.5 Å². The van der Waals surface area contributed by atoms with E-state index >= 15 is 0 Å². The van der Waals surface area contributed by atoms with Gasteiger partial charge in [0.15, 0.2) is 0 Å². The first-order chi connectivity index (χ1) is 27.3. The molecular formula is C50H39BrCl2F2O2.